The van der Waals surface area contributed by atoms with Crippen LogP contribution < -0.4 is 5.32 Å². The molecule has 0 spiro atoms. The maximum Gasteiger partial charge on any atom is 0.317 e. The normalized spacial score (nSPS) is 41.3. The number of ether oxygens (including phenoxy) is 2. The Balaban J connectivity index is 1.52. The smallest absolute Gasteiger partial charge is 0.317 e. The number of hydrogen-bond donors (Lipinski definition) is 1. The first-order valence-electron chi connectivity index (χ1n) is 8.02. The van der Waals surface area contributed by atoms with Gasteiger partial charge in [-0.25, -0.2) is 4.98 Å². The highest BCUT2D eigenvalue weighted by atomic mass is 32.1. The SMILES string of the molecule is C[C@@]12C(Nc3nc4ccccc4s3)OC(=O)[C@]1(C)[C@H]1CC[C@@H]2O1. The second-order valence-electron chi connectivity index (χ2n) is 7.09. The van der Waals surface area contributed by atoms with Crippen molar-refractivity contribution in [2.45, 2.75) is 45.1 Å². The highest BCUT2D eigenvalue weighted by Gasteiger charge is 2.76. The number of hydrogen-bond acceptors (Lipinski definition) is 6. The average molecular weight is 330 g/mol. The minimum absolute atomic E-state index is 0.0211. The van der Waals surface area contributed by atoms with E-state index in [-0.39, 0.29) is 23.6 Å². The van der Waals surface area contributed by atoms with Crippen molar-refractivity contribution in [3.63, 3.8) is 0 Å². The molecule has 3 fully saturated rings. The number of nitrogens with one attached hydrogen (secondary N) is 1. The van der Waals surface area contributed by atoms with Gasteiger partial charge in [-0.3, -0.25) is 4.79 Å². The zero-order valence-electron chi connectivity index (χ0n) is 13.0. The molecule has 2 aromatic rings. The van der Waals surface area contributed by atoms with Crippen molar-refractivity contribution in [2.24, 2.45) is 10.8 Å². The summed E-state index contributed by atoms with van der Waals surface area (Å²) in [4.78, 5) is 17.2. The lowest BCUT2D eigenvalue weighted by atomic mass is 9.58. The molecule has 23 heavy (non-hydrogen) atoms. The van der Waals surface area contributed by atoms with Crippen LogP contribution in [0.15, 0.2) is 24.3 Å². The number of carbonyl (C=O) groups is 1. The summed E-state index contributed by atoms with van der Waals surface area (Å²) < 4.78 is 13.0. The highest BCUT2D eigenvalue weighted by Crippen LogP contribution is 2.65. The Morgan fingerprint density at radius 1 is 1.26 bits per heavy atom. The van der Waals surface area contributed by atoms with Crippen LogP contribution in [0.25, 0.3) is 10.2 Å². The first-order chi connectivity index (χ1) is 11.0. The standard InChI is InChI=1S/C17H18N2O3S/c1-16-11-7-8-12(21-11)17(16,2)14(20)22-13(16)19-15-18-9-5-3-4-6-10(9)23-15/h3-6,11-13H,7-8H2,1-2H3,(H,18,19)/t11-,12+,13?,16+,17-/m0/s1. The molecule has 2 bridgehead atoms. The molecule has 0 aliphatic carbocycles. The van der Waals surface area contributed by atoms with Gasteiger partial charge in [-0.15, -0.1) is 0 Å². The van der Waals surface area contributed by atoms with Crippen LogP contribution in [0.4, 0.5) is 5.13 Å². The molecule has 1 aromatic heterocycles. The summed E-state index contributed by atoms with van der Waals surface area (Å²) >= 11 is 1.58. The van der Waals surface area contributed by atoms with E-state index in [1.807, 2.05) is 31.2 Å². The van der Waals surface area contributed by atoms with E-state index < -0.39 is 11.6 Å². The zero-order chi connectivity index (χ0) is 15.8. The molecule has 0 amide bonds. The van der Waals surface area contributed by atoms with Crippen LogP contribution in [0.5, 0.6) is 0 Å². The average Bonchev–Trinajstić information content (AvgIpc) is 3.25. The van der Waals surface area contributed by atoms with Crippen molar-refractivity contribution in [1.29, 1.82) is 0 Å². The van der Waals surface area contributed by atoms with E-state index in [0.717, 1.165) is 28.2 Å². The molecule has 3 aliphatic heterocycles. The Morgan fingerprint density at radius 3 is 2.87 bits per heavy atom. The Bertz CT molecular complexity index is 788. The summed E-state index contributed by atoms with van der Waals surface area (Å²) in [5, 5.41) is 4.16. The van der Waals surface area contributed by atoms with Gasteiger partial charge in [0.15, 0.2) is 11.4 Å². The summed E-state index contributed by atoms with van der Waals surface area (Å²) in [7, 11) is 0. The molecule has 1 aromatic carbocycles. The number of para-hydroxylation sites is 1. The van der Waals surface area contributed by atoms with E-state index in [0.29, 0.717) is 0 Å². The number of carbonyl (C=O) groups excluding carboxylic acids is 1. The lowest BCUT2D eigenvalue weighted by Gasteiger charge is -2.39. The van der Waals surface area contributed by atoms with Gasteiger partial charge in [-0.2, -0.15) is 0 Å². The number of rotatable bonds is 2. The maximum atomic E-state index is 12.6. The number of aromatic nitrogens is 1. The molecule has 4 heterocycles. The molecule has 3 aliphatic rings. The Morgan fingerprint density at radius 2 is 2.04 bits per heavy atom. The topological polar surface area (TPSA) is 60.5 Å². The third kappa shape index (κ3) is 1.51. The Labute approximate surface area is 138 Å². The third-order valence-electron chi connectivity index (χ3n) is 6.19. The number of esters is 1. The number of thiazole rings is 1. The fourth-order valence-electron chi connectivity index (χ4n) is 4.55. The summed E-state index contributed by atoms with van der Waals surface area (Å²) in [5.74, 6) is -0.147. The zero-order valence-corrected chi connectivity index (χ0v) is 13.9. The van der Waals surface area contributed by atoms with Crippen LogP contribution in [0.2, 0.25) is 0 Å². The van der Waals surface area contributed by atoms with E-state index in [1.54, 1.807) is 11.3 Å². The molecule has 5 nitrogen and oxygen atoms in total. The highest BCUT2D eigenvalue weighted by molar-refractivity contribution is 7.22. The first kappa shape index (κ1) is 13.7. The van der Waals surface area contributed by atoms with Gasteiger partial charge in [-0.1, -0.05) is 30.4 Å². The van der Waals surface area contributed by atoms with Crippen LogP contribution in [0.1, 0.15) is 26.7 Å². The molecule has 5 atom stereocenters. The van der Waals surface area contributed by atoms with Crippen LogP contribution in [0, 0.1) is 10.8 Å². The Kier molecular flexibility index (Phi) is 2.54. The van der Waals surface area contributed by atoms with Crippen LogP contribution in [0.3, 0.4) is 0 Å². The molecular weight excluding hydrogens is 312 g/mol. The predicted molar refractivity (Wildman–Crippen MR) is 87.2 cm³/mol. The summed E-state index contributed by atoms with van der Waals surface area (Å²) in [5.41, 5.74) is 0.0382. The molecule has 6 heteroatoms. The molecule has 5 rings (SSSR count). The number of benzene rings is 1. The molecule has 0 radical (unpaired) electrons. The van der Waals surface area contributed by atoms with Gasteiger partial charge >= 0.3 is 5.97 Å². The minimum atomic E-state index is -0.565. The van der Waals surface area contributed by atoms with Gasteiger partial charge in [-0.05, 0) is 31.9 Å². The van der Waals surface area contributed by atoms with Gasteiger partial charge in [0, 0.05) is 0 Å². The van der Waals surface area contributed by atoms with Crippen molar-refractivity contribution in [3.05, 3.63) is 24.3 Å². The number of cyclic esters (lactones) is 1. The molecule has 1 unspecified atom stereocenters. The summed E-state index contributed by atoms with van der Waals surface area (Å²) in [6.07, 6.45) is 1.59. The number of anilines is 1. The van der Waals surface area contributed by atoms with Crippen molar-refractivity contribution in [3.8, 4) is 0 Å². The van der Waals surface area contributed by atoms with E-state index >= 15 is 0 Å². The molecular formula is C17H18N2O3S. The van der Waals surface area contributed by atoms with E-state index in [2.05, 4.69) is 17.2 Å². The third-order valence-corrected chi connectivity index (χ3v) is 7.16. The van der Waals surface area contributed by atoms with E-state index in [4.69, 9.17) is 9.47 Å². The van der Waals surface area contributed by atoms with Crippen molar-refractivity contribution < 1.29 is 14.3 Å². The van der Waals surface area contributed by atoms with E-state index in [9.17, 15) is 4.79 Å². The van der Waals surface area contributed by atoms with E-state index in [1.165, 1.54) is 0 Å². The van der Waals surface area contributed by atoms with Crippen molar-refractivity contribution in [1.82, 2.24) is 4.98 Å². The summed E-state index contributed by atoms with van der Waals surface area (Å²) in [6, 6.07) is 8.01. The minimum Gasteiger partial charge on any atom is -0.440 e. The predicted octanol–water partition coefficient (Wildman–Crippen LogP) is 3.16. The monoisotopic (exact) mass is 330 g/mol. The quantitative estimate of drug-likeness (QED) is 0.857. The second kappa shape index (κ2) is 4.24. The van der Waals surface area contributed by atoms with Crippen molar-refractivity contribution >= 4 is 32.7 Å². The largest absolute Gasteiger partial charge is 0.440 e. The number of nitrogens with zero attached hydrogens (tertiary/aromatic N) is 1. The first-order valence-corrected chi connectivity index (χ1v) is 8.84. The lowest BCUT2D eigenvalue weighted by Crippen LogP contribution is -2.51. The maximum absolute atomic E-state index is 12.6. The Hall–Kier alpha value is -1.66. The van der Waals surface area contributed by atoms with Crippen LogP contribution in [-0.2, 0) is 14.3 Å². The molecule has 1 N–H and O–H groups in total. The van der Waals surface area contributed by atoms with Crippen LogP contribution in [-0.4, -0.2) is 29.4 Å². The van der Waals surface area contributed by atoms with Gasteiger partial charge in [0.1, 0.15) is 5.41 Å². The van der Waals surface area contributed by atoms with Gasteiger partial charge in [0.05, 0.1) is 27.8 Å². The summed E-state index contributed by atoms with van der Waals surface area (Å²) in [6.45, 7) is 4.12. The van der Waals surface area contributed by atoms with Crippen LogP contribution >= 0.6 is 11.3 Å². The molecule has 0 saturated carbocycles. The second-order valence-corrected chi connectivity index (χ2v) is 8.12. The van der Waals surface area contributed by atoms with Gasteiger partial charge in [0.25, 0.3) is 0 Å². The fraction of sp³-hybridized carbons (Fsp3) is 0.529. The fourth-order valence-corrected chi connectivity index (χ4v) is 5.44. The lowest BCUT2D eigenvalue weighted by molar-refractivity contribution is -0.151. The molecule has 3 saturated heterocycles. The number of fused-ring (bicyclic) bond motifs is 6. The van der Waals surface area contributed by atoms with Crippen molar-refractivity contribution in [2.75, 3.05) is 5.32 Å². The van der Waals surface area contributed by atoms with Gasteiger partial charge < -0.3 is 14.8 Å². The molecule has 120 valence electrons. The van der Waals surface area contributed by atoms with Gasteiger partial charge in [0.2, 0.25) is 0 Å².